The van der Waals surface area contributed by atoms with Gasteiger partial charge in [0.1, 0.15) is 12.4 Å². The number of nitrogens with zero attached hydrogens (tertiary/aromatic N) is 1. The van der Waals surface area contributed by atoms with Crippen molar-refractivity contribution in [2.75, 3.05) is 26.3 Å². The third-order valence-electron chi connectivity index (χ3n) is 5.00. The lowest BCUT2D eigenvalue weighted by Gasteiger charge is -2.28. The molecule has 0 aliphatic carbocycles. The highest BCUT2D eigenvalue weighted by molar-refractivity contribution is 5.87. The molecule has 1 aliphatic rings. The summed E-state index contributed by atoms with van der Waals surface area (Å²) in [5.74, 6) is 0.982. The summed E-state index contributed by atoms with van der Waals surface area (Å²) in [5, 5.41) is 2.54. The maximum Gasteiger partial charge on any atom is 0.124 e. The number of benzene rings is 3. The molecule has 3 aromatic rings. The lowest BCUT2D eigenvalue weighted by Crippen LogP contribution is -2.35. The number of morpholine rings is 1. The zero-order valence-electron chi connectivity index (χ0n) is 15.3. The number of fused-ring (bicyclic) bond motifs is 1. The zero-order valence-corrected chi connectivity index (χ0v) is 15.3. The molecule has 3 nitrogen and oxygen atoms in total. The zero-order chi connectivity index (χ0) is 17.8. The van der Waals surface area contributed by atoms with E-state index in [9.17, 15) is 0 Å². The van der Waals surface area contributed by atoms with Gasteiger partial charge in [0.05, 0.1) is 13.2 Å². The van der Waals surface area contributed by atoms with Gasteiger partial charge in [-0.1, -0.05) is 60.2 Å². The van der Waals surface area contributed by atoms with Crippen molar-refractivity contribution in [1.82, 2.24) is 4.90 Å². The second kappa shape index (κ2) is 7.90. The maximum atomic E-state index is 6.25. The standard InChI is InChI=1S/C23H25NO2/c1-18-6-8-19(9-7-18)17-26-23-11-10-20-4-2-3-5-21(20)22(23)16-24-12-14-25-15-13-24/h2-11H,12-17H2,1H3. The molecule has 3 heteroatoms. The Labute approximate surface area is 155 Å². The van der Waals surface area contributed by atoms with Crippen molar-refractivity contribution in [3.8, 4) is 5.75 Å². The van der Waals surface area contributed by atoms with Crippen molar-refractivity contribution in [2.24, 2.45) is 0 Å². The van der Waals surface area contributed by atoms with Gasteiger partial charge in [0.2, 0.25) is 0 Å². The van der Waals surface area contributed by atoms with Crippen LogP contribution in [0.25, 0.3) is 10.8 Å². The van der Waals surface area contributed by atoms with Crippen molar-refractivity contribution in [1.29, 1.82) is 0 Å². The third kappa shape index (κ3) is 3.90. The van der Waals surface area contributed by atoms with E-state index >= 15 is 0 Å². The van der Waals surface area contributed by atoms with Crippen LogP contribution < -0.4 is 4.74 Å². The summed E-state index contributed by atoms with van der Waals surface area (Å²) in [6, 6.07) is 21.4. The van der Waals surface area contributed by atoms with E-state index < -0.39 is 0 Å². The first-order valence-electron chi connectivity index (χ1n) is 9.29. The largest absolute Gasteiger partial charge is 0.489 e. The highest BCUT2D eigenvalue weighted by atomic mass is 16.5. The lowest BCUT2D eigenvalue weighted by atomic mass is 10.0. The molecule has 0 aromatic heterocycles. The molecule has 0 saturated carbocycles. The smallest absolute Gasteiger partial charge is 0.124 e. The minimum absolute atomic E-state index is 0.592. The van der Waals surface area contributed by atoms with Gasteiger partial charge in [0, 0.05) is 25.2 Å². The SMILES string of the molecule is Cc1ccc(COc2ccc3ccccc3c2CN2CCOCC2)cc1. The number of ether oxygens (including phenoxy) is 2. The van der Waals surface area contributed by atoms with Gasteiger partial charge in [-0.25, -0.2) is 0 Å². The van der Waals surface area contributed by atoms with Crippen LogP contribution in [0.3, 0.4) is 0 Å². The van der Waals surface area contributed by atoms with Gasteiger partial charge >= 0.3 is 0 Å². The summed E-state index contributed by atoms with van der Waals surface area (Å²) in [6.07, 6.45) is 0. The van der Waals surface area contributed by atoms with Gasteiger partial charge < -0.3 is 9.47 Å². The fourth-order valence-electron chi connectivity index (χ4n) is 3.44. The van der Waals surface area contributed by atoms with E-state index in [0.29, 0.717) is 6.61 Å². The Bertz CT molecular complexity index is 867. The van der Waals surface area contributed by atoms with E-state index in [1.54, 1.807) is 0 Å². The topological polar surface area (TPSA) is 21.7 Å². The normalized spacial score (nSPS) is 15.3. The number of aryl methyl sites for hydroxylation is 1. The molecule has 0 amide bonds. The monoisotopic (exact) mass is 347 g/mol. The molecule has 4 rings (SSSR count). The summed E-state index contributed by atoms with van der Waals surface area (Å²) in [7, 11) is 0. The van der Waals surface area contributed by atoms with Crippen molar-refractivity contribution >= 4 is 10.8 Å². The van der Waals surface area contributed by atoms with Gasteiger partial charge in [-0.2, -0.15) is 0 Å². The summed E-state index contributed by atoms with van der Waals surface area (Å²) < 4.78 is 11.8. The lowest BCUT2D eigenvalue weighted by molar-refractivity contribution is 0.0339. The van der Waals surface area contributed by atoms with Crippen LogP contribution in [0.5, 0.6) is 5.75 Å². The Hall–Kier alpha value is -2.36. The molecule has 0 atom stereocenters. The van der Waals surface area contributed by atoms with Gasteiger partial charge in [-0.3, -0.25) is 4.90 Å². The first-order chi connectivity index (χ1) is 12.8. The van der Waals surface area contributed by atoms with Crippen LogP contribution in [0.1, 0.15) is 16.7 Å². The van der Waals surface area contributed by atoms with Crippen LogP contribution in [0.15, 0.2) is 60.7 Å². The predicted molar refractivity (Wildman–Crippen MR) is 106 cm³/mol. The molecule has 3 aromatic carbocycles. The Morgan fingerprint density at radius 1 is 0.923 bits per heavy atom. The minimum Gasteiger partial charge on any atom is -0.489 e. The highest BCUT2D eigenvalue weighted by Crippen LogP contribution is 2.30. The highest BCUT2D eigenvalue weighted by Gasteiger charge is 2.16. The first kappa shape index (κ1) is 17.1. The molecule has 26 heavy (non-hydrogen) atoms. The molecule has 134 valence electrons. The van der Waals surface area contributed by atoms with E-state index in [-0.39, 0.29) is 0 Å². The summed E-state index contributed by atoms with van der Waals surface area (Å²) in [6.45, 7) is 7.16. The quantitative estimate of drug-likeness (QED) is 0.675. The molecular formula is C23H25NO2. The van der Waals surface area contributed by atoms with Crippen molar-refractivity contribution in [3.05, 3.63) is 77.4 Å². The second-order valence-electron chi connectivity index (χ2n) is 6.93. The summed E-state index contributed by atoms with van der Waals surface area (Å²) >= 11 is 0. The Balaban J connectivity index is 1.61. The molecule has 0 radical (unpaired) electrons. The fraction of sp³-hybridized carbons (Fsp3) is 0.304. The molecule has 0 unspecified atom stereocenters. The number of hydrogen-bond acceptors (Lipinski definition) is 3. The average molecular weight is 347 g/mol. The minimum atomic E-state index is 0.592. The Kier molecular flexibility index (Phi) is 5.19. The third-order valence-corrected chi connectivity index (χ3v) is 5.00. The fourth-order valence-corrected chi connectivity index (χ4v) is 3.44. The number of rotatable bonds is 5. The van der Waals surface area contributed by atoms with Crippen molar-refractivity contribution in [2.45, 2.75) is 20.1 Å². The molecule has 1 aliphatic heterocycles. The van der Waals surface area contributed by atoms with Crippen LogP contribution in [-0.4, -0.2) is 31.2 Å². The van der Waals surface area contributed by atoms with Gasteiger partial charge in [-0.05, 0) is 29.3 Å². The van der Waals surface area contributed by atoms with Crippen molar-refractivity contribution in [3.63, 3.8) is 0 Å². The van der Waals surface area contributed by atoms with Crippen LogP contribution in [0.4, 0.5) is 0 Å². The number of hydrogen-bond donors (Lipinski definition) is 0. The van der Waals surface area contributed by atoms with E-state index in [1.165, 1.54) is 27.5 Å². The van der Waals surface area contributed by atoms with E-state index in [4.69, 9.17) is 9.47 Å². The predicted octanol–water partition coefficient (Wildman–Crippen LogP) is 4.56. The summed E-state index contributed by atoms with van der Waals surface area (Å²) in [5.41, 5.74) is 3.74. The molecule has 1 saturated heterocycles. The summed E-state index contributed by atoms with van der Waals surface area (Å²) in [4.78, 5) is 2.45. The molecule has 0 spiro atoms. The molecule has 1 heterocycles. The van der Waals surface area contributed by atoms with Gasteiger partial charge in [0.15, 0.2) is 0 Å². The van der Waals surface area contributed by atoms with Crippen LogP contribution in [0, 0.1) is 6.92 Å². The Morgan fingerprint density at radius 3 is 2.50 bits per heavy atom. The van der Waals surface area contributed by atoms with Gasteiger partial charge in [0.25, 0.3) is 0 Å². The van der Waals surface area contributed by atoms with E-state index in [1.807, 2.05) is 0 Å². The average Bonchev–Trinajstić information content (AvgIpc) is 2.69. The van der Waals surface area contributed by atoms with E-state index in [2.05, 4.69) is 72.5 Å². The van der Waals surface area contributed by atoms with Crippen LogP contribution in [0.2, 0.25) is 0 Å². The van der Waals surface area contributed by atoms with Crippen molar-refractivity contribution < 1.29 is 9.47 Å². The molecular weight excluding hydrogens is 322 g/mol. The molecule has 0 bridgehead atoms. The van der Waals surface area contributed by atoms with Gasteiger partial charge in [-0.15, -0.1) is 0 Å². The first-order valence-corrected chi connectivity index (χ1v) is 9.29. The Morgan fingerprint density at radius 2 is 1.69 bits per heavy atom. The van der Waals surface area contributed by atoms with Crippen LogP contribution in [-0.2, 0) is 17.9 Å². The molecule has 0 N–H and O–H groups in total. The molecule has 1 fully saturated rings. The van der Waals surface area contributed by atoms with Crippen LogP contribution >= 0.6 is 0 Å². The van der Waals surface area contributed by atoms with E-state index in [0.717, 1.165) is 38.6 Å². The maximum absolute atomic E-state index is 6.25. The second-order valence-corrected chi connectivity index (χ2v) is 6.93.